The molecule has 0 saturated carbocycles. The molecule has 13 heavy (non-hydrogen) atoms. The first-order valence-electron chi connectivity index (χ1n) is 3.41. The fourth-order valence-corrected chi connectivity index (χ4v) is 0.989. The first-order chi connectivity index (χ1) is 5.90. The number of alkyl halides is 3. The molecule has 0 aromatic heterocycles. The summed E-state index contributed by atoms with van der Waals surface area (Å²) in [5.41, 5.74) is 0.545. The molecule has 0 N–H and O–H groups in total. The van der Waals surface area contributed by atoms with E-state index >= 15 is 0 Å². The van der Waals surface area contributed by atoms with Crippen molar-refractivity contribution < 1.29 is 17.9 Å². The zero-order valence-electron chi connectivity index (χ0n) is 6.65. The molecule has 0 radical (unpaired) electrons. The predicted octanol–water partition coefficient (Wildman–Crippen LogP) is 3.55. The van der Waals surface area contributed by atoms with Crippen LogP contribution >= 0.6 is 11.6 Å². The molecular weight excluding hydrogens is 205 g/mol. The lowest BCUT2D eigenvalue weighted by Gasteiger charge is -2.10. The molecule has 0 atom stereocenters. The van der Waals surface area contributed by atoms with Crippen molar-refractivity contribution >= 4 is 11.6 Å². The van der Waals surface area contributed by atoms with Crippen molar-refractivity contribution in [1.29, 1.82) is 0 Å². The molecule has 0 saturated heterocycles. The molecule has 0 spiro atoms. The second kappa shape index (κ2) is 3.46. The van der Waals surface area contributed by atoms with Crippen molar-refractivity contribution in [3.05, 3.63) is 28.8 Å². The Morgan fingerprint density at radius 2 is 1.92 bits per heavy atom. The summed E-state index contributed by atoms with van der Waals surface area (Å²) in [6.45, 7) is 1.60. The van der Waals surface area contributed by atoms with Crippen molar-refractivity contribution in [2.75, 3.05) is 0 Å². The summed E-state index contributed by atoms with van der Waals surface area (Å²) in [4.78, 5) is 0. The number of hydrogen-bond donors (Lipinski definition) is 0. The molecule has 0 fully saturated rings. The summed E-state index contributed by atoms with van der Waals surface area (Å²) >= 11 is 5.57. The Kier molecular flexibility index (Phi) is 2.71. The second-order valence-corrected chi connectivity index (χ2v) is 2.81. The Morgan fingerprint density at radius 3 is 2.46 bits per heavy atom. The van der Waals surface area contributed by atoms with Crippen LogP contribution in [0.15, 0.2) is 18.2 Å². The third-order valence-corrected chi connectivity index (χ3v) is 1.87. The SMILES string of the molecule is Cc1cccc(OC(F)(F)F)c1Cl. The van der Waals surface area contributed by atoms with E-state index in [1.54, 1.807) is 13.0 Å². The number of aryl methyl sites for hydroxylation is 1. The summed E-state index contributed by atoms with van der Waals surface area (Å²) < 4.78 is 39.0. The highest BCUT2D eigenvalue weighted by Gasteiger charge is 2.32. The first-order valence-corrected chi connectivity index (χ1v) is 3.79. The van der Waals surface area contributed by atoms with E-state index in [1.807, 2.05) is 0 Å². The molecule has 0 aliphatic carbocycles. The molecule has 1 aromatic rings. The lowest BCUT2D eigenvalue weighted by molar-refractivity contribution is -0.274. The van der Waals surface area contributed by atoms with E-state index in [0.29, 0.717) is 5.56 Å². The van der Waals surface area contributed by atoms with Gasteiger partial charge in [-0.25, -0.2) is 0 Å². The maximum absolute atomic E-state index is 11.8. The highest BCUT2D eigenvalue weighted by molar-refractivity contribution is 6.32. The van der Waals surface area contributed by atoms with Crippen LogP contribution in [0.1, 0.15) is 5.56 Å². The monoisotopic (exact) mass is 210 g/mol. The van der Waals surface area contributed by atoms with Gasteiger partial charge in [0.15, 0.2) is 0 Å². The predicted molar refractivity (Wildman–Crippen MR) is 42.9 cm³/mol. The second-order valence-electron chi connectivity index (χ2n) is 2.43. The average Bonchev–Trinajstić information content (AvgIpc) is 1.96. The third kappa shape index (κ3) is 2.81. The standard InChI is InChI=1S/C8H6ClF3O/c1-5-3-2-4-6(7(5)9)13-8(10,11)12/h2-4H,1H3. The molecule has 1 aromatic carbocycles. The first kappa shape index (κ1) is 10.2. The maximum atomic E-state index is 11.8. The van der Waals surface area contributed by atoms with Crippen LogP contribution in [0.3, 0.4) is 0 Å². The summed E-state index contributed by atoms with van der Waals surface area (Å²) in [5.74, 6) is -0.367. The molecule has 0 bridgehead atoms. The van der Waals surface area contributed by atoms with Gasteiger partial charge in [-0.3, -0.25) is 0 Å². The molecular formula is C8H6ClF3O. The minimum Gasteiger partial charge on any atom is -0.404 e. The molecule has 1 nitrogen and oxygen atoms in total. The van der Waals surface area contributed by atoms with Crippen LogP contribution in [0.2, 0.25) is 5.02 Å². The fourth-order valence-electron chi connectivity index (χ4n) is 0.824. The van der Waals surface area contributed by atoms with Gasteiger partial charge < -0.3 is 4.74 Å². The largest absolute Gasteiger partial charge is 0.573 e. The Hall–Kier alpha value is -0.900. The van der Waals surface area contributed by atoms with Gasteiger partial charge in [0.25, 0.3) is 0 Å². The Morgan fingerprint density at radius 1 is 1.31 bits per heavy atom. The quantitative estimate of drug-likeness (QED) is 0.689. The van der Waals surface area contributed by atoms with Crippen LogP contribution in [-0.2, 0) is 0 Å². The summed E-state index contributed by atoms with van der Waals surface area (Å²) in [6, 6.07) is 4.22. The van der Waals surface area contributed by atoms with Crippen LogP contribution in [0.25, 0.3) is 0 Å². The molecule has 0 aliphatic heterocycles. The number of ether oxygens (including phenoxy) is 1. The van der Waals surface area contributed by atoms with Crippen LogP contribution in [-0.4, -0.2) is 6.36 Å². The van der Waals surface area contributed by atoms with E-state index in [9.17, 15) is 13.2 Å². The number of benzene rings is 1. The van der Waals surface area contributed by atoms with Gasteiger partial charge in [-0.2, -0.15) is 0 Å². The maximum Gasteiger partial charge on any atom is 0.573 e. The Balaban J connectivity index is 2.96. The van der Waals surface area contributed by atoms with Gasteiger partial charge in [0.2, 0.25) is 0 Å². The smallest absolute Gasteiger partial charge is 0.404 e. The molecule has 5 heteroatoms. The van der Waals surface area contributed by atoms with Crippen LogP contribution < -0.4 is 4.74 Å². The van der Waals surface area contributed by atoms with Crippen LogP contribution in [0.4, 0.5) is 13.2 Å². The molecule has 72 valence electrons. The van der Waals surface area contributed by atoms with Gasteiger partial charge in [-0.15, -0.1) is 13.2 Å². The van der Waals surface area contributed by atoms with E-state index in [-0.39, 0.29) is 10.8 Å². The molecule has 0 amide bonds. The van der Waals surface area contributed by atoms with Crippen LogP contribution in [0.5, 0.6) is 5.75 Å². The number of hydrogen-bond acceptors (Lipinski definition) is 1. The van der Waals surface area contributed by atoms with Gasteiger partial charge in [-0.05, 0) is 18.6 Å². The topological polar surface area (TPSA) is 9.23 Å². The van der Waals surface area contributed by atoms with E-state index in [4.69, 9.17) is 11.6 Å². The minimum atomic E-state index is -4.70. The van der Waals surface area contributed by atoms with E-state index in [0.717, 1.165) is 0 Å². The number of halogens is 4. The lowest BCUT2D eigenvalue weighted by atomic mass is 10.2. The minimum absolute atomic E-state index is 0.0141. The van der Waals surface area contributed by atoms with Gasteiger partial charge in [0.1, 0.15) is 5.75 Å². The lowest BCUT2D eigenvalue weighted by Crippen LogP contribution is -2.17. The van der Waals surface area contributed by atoms with E-state index in [1.165, 1.54) is 12.1 Å². The zero-order chi connectivity index (χ0) is 10.1. The van der Waals surface area contributed by atoms with Gasteiger partial charge >= 0.3 is 6.36 Å². The highest BCUT2D eigenvalue weighted by atomic mass is 35.5. The molecule has 0 aliphatic rings. The molecule has 1 rings (SSSR count). The Bertz CT molecular complexity index is 309. The third-order valence-electron chi connectivity index (χ3n) is 1.38. The van der Waals surface area contributed by atoms with Gasteiger partial charge in [-0.1, -0.05) is 23.7 Å². The van der Waals surface area contributed by atoms with Crippen molar-refractivity contribution in [2.45, 2.75) is 13.3 Å². The number of rotatable bonds is 1. The van der Waals surface area contributed by atoms with E-state index in [2.05, 4.69) is 4.74 Å². The summed E-state index contributed by atoms with van der Waals surface area (Å²) in [6.07, 6.45) is -4.70. The molecule has 0 unspecified atom stereocenters. The van der Waals surface area contributed by atoms with Crippen molar-refractivity contribution in [3.8, 4) is 5.75 Å². The fraction of sp³-hybridized carbons (Fsp3) is 0.250. The van der Waals surface area contributed by atoms with Gasteiger partial charge in [0.05, 0.1) is 5.02 Å². The van der Waals surface area contributed by atoms with Gasteiger partial charge in [0, 0.05) is 0 Å². The zero-order valence-corrected chi connectivity index (χ0v) is 7.41. The highest BCUT2D eigenvalue weighted by Crippen LogP contribution is 2.31. The summed E-state index contributed by atoms with van der Waals surface area (Å²) in [7, 11) is 0. The van der Waals surface area contributed by atoms with Crippen molar-refractivity contribution in [3.63, 3.8) is 0 Å². The molecule has 0 heterocycles. The Labute approximate surface area is 78.1 Å². The normalized spacial score (nSPS) is 11.5. The summed E-state index contributed by atoms with van der Waals surface area (Å²) in [5, 5.41) is -0.0141. The van der Waals surface area contributed by atoms with E-state index < -0.39 is 6.36 Å². The van der Waals surface area contributed by atoms with Crippen molar-refractivity contribution in [1.82, 2.24) is 0 Å². The van der Waals surface area contributed by atoms with Crippen molar-refractivity contribution in [2.24, 2.45) is 0 Å². The van der Waals surface area contributed by atoms with Crippen LogP contribution in [0, 0.1) is 6.92 Å². The average molecular weight is 211 g/mol.